The van der Waals surface area contributed by atoms with Crippen molar-refractivity contribution in [3.63, 3.8) is 0 Å². The van der Waals surface area contributed by atoms with Crippen molar-refractivity contribution in [2.45, 2.75) is 77.4 Å². The molecule has 2 aromatic rings. The Bertz CT molecular complexity index is 905. The number of halogens is 1. The van der Waals surface area contributed by atoms with Crippen molar-refractivity contribution in [1.29, 1.82) is 0 Å². The van der Waals surface area contributed by atoms with Gasteiger partial charge in [-0.15, -0.1) is 0 Å². The molecule has 2 N–H and O–H groups in total. The first-order chi connectivity index (χ1) is 15.0. The molecular weight excluding hydrogens is 408 g/mol. The Kier molecular flexibility index (Phi) is 7.02. The summed E-state index contributed by atoms with van der Waals surface area (Å²) in [5.74, 6) is 1.89. The van der Waals surface area contributed by atoms with Gasteiger partial charge in [0, 0.05) is 29.9 Å². The third-order valence-corrected chi connectivity index (χ3v) is 7.53. The van der Waals surface area contributed by atoms with Crippen molar-refractivity contribution < 1.29 is 4.79 Å². The Morgan fingerprint density at radius 3 is 2.74 bits per heavy atom. The van der Waals surface area contributed by atoms with Gasteiger partial charge in [0.25, 0.3) is 0 Å². The molecule has 3 atom stereocenters. The molecule has 0 saturated heterocycles. The lowest BCUT2D eigenvalue weighted by atomic mass is 9.83. The summed E-state index contributed by atoms with van der Waals surface area (Å²) in [5.41, 5.74) is 8.33. The van der Waals surface area contributed by atoms with Gasteiger partial charge >= 0.3 is 0 Å². The van der Waals surface area contributed by atoms with Crippen LogP contribution in [0.2, 0.25) is 5.02 Å². The standard InChI is InChI=1S/C25H35ClN4O/c1-3-17(2)23(27)25(31)30-13-12-29-16-21(19-10-7-11-20(26)15-19)28-24(29)22(30)14-18-8-5-4-6-9-18/h7,10-11,15-18,22-23H,3-6,8-9,12-14,27H2,1-2H3/t17-,22-,23-/m0/s1. The van der Waals surface area contributed by atoms with E-state index >= 15 is 0 Å². The number of rotatable bonds is 6. The number of nitrogens with zero attached hydrogens (tertiary/aromatic N) is 3. The molecule has 4 rings (SSSR count). The van der Waals surface area contributed by atoms with Crippen molar-refractivity contribution in [3.05, 3.63) is 41.3 Å². The van der Waals surface area contributed by atoms with Gasteiger partial charge in [0.1, 0.15) is 5.82 Å². The first-order valence-electron chi connectivity index (χ1n) is 11.9. The fourth-order valence-corrected chi connectivity index (χ4v) is 5.29. The van der Waals surface area contributed by atoms with Gasteiger partial charge in [0.2, 0.25) is 5.91 Å². The first kappa shape index (κ1) is 22.3. The van der Waals surface area contributed by atoms with Crippen LogP contribution in [-0.2, 0) is 11.3 Å². The number of carbonyl (C=O) groups is 1. The van der Waals surface area contributed by atoms with Gasteiger partial charge in [-0.3, -0.25) is 4.79 Å². The number of hydrogen-bond acceptors (Lipinski definition) is 3. The smallest absolute Gasteiger partial charge is 0.240 e. The summed E-state index contributed by atoms with van der Waals surface area (Å²) >= 11 is 6.22. The minimum Gasteiger partial charge on any atom is -0.331 e. The maximum Gasteiger partial charge on any atom is 0.240 e. The van der Waals surface area contributed by atoms with Crippen LogP contribution in [-0.4, -0.2) is 32.9 Å². The SMILES string of the molecule is CC[C@H](C)[C@H](N)C(=O)N1CCn2cc(-c3cccc(Cl)c3)nc2[C@@H]1CC1CCCCC1. The molecule has 0 radical (unpaired) electrons. The van der Waals surface area contributed by atoms with Crippen molar-refractivity contribution in [2.75, 3.05) is 6.54 Å². The molecule has 5 nitrogen and oxygen atoms in total. The van der Waals surface area contributed by atoms with E-state index in [0.717, 1.165) is 36.5 Å². The quantitative estimate of drug-likeness (QED) is 0.648. The van der Waals surface area contributed by atoms with Crippen LogP contribution in [0.15, 0.2) is 30.5 Å². The molecule has 1 fully saturated rings. The number of amides is 1. The van der Waals surface area contributed by atoms with Crippen molar-refractivity contribution in [2.24, 2.45) is 17.6 Å². The third kappa shape index (κ3) is 4.83. The fourth-order valence-electron chi connectivity index (χ4n) is 5.10. The van der Waals surface area contributed by atoms with Crippen LogP contribution in [0.1, 0.15) is 70.7 Å². The van der Waals surface area contributed by atoms with Gasteiger partial charge in [-0.25, -0.2) is 4.98 Å². The lowest BCUT2D eigenvalue weighted by molar-refractivity contribution is -0.138. The highest BCUT2D eigenvalue weighted by atomic mass is 35.5. The number of aromatic nitrogens is 2. The third-order valence-electron chi connectivity index (χ3n) is 7.29. The molecule has 1 amide bonds. The first-order valence-corrected chi connectivity index (χ1v) is 12.2. The van der Waals surface area contributed by atoms with Crippen molar-refractivity contribution in [1.82, 2.24) is 14.5 Å². The number of nitrogens with two attached hydrogens (primary N) is 1. The Morgan fingerprint density at radius 1 is 1.26 bits per heavy atom. The average Bonchev–Trinajstić information content (AvgIpc) is 3.23. The molecule has 0 bridgehead atoms. The molecule has 1 aliphatic heterocycles. The normalized spacial score (nSPS) is 21.5. The monoisotopic (exact) mass is 442 g/mol. The molecule has 31 heavy (non-hydrogen) atoms. The van der Waals surface area contributed by atoms with E-state index in [-0.39, 0.29) is 17.9 Å². The molecule has 1 aliphatic carbocycles. The van der Waals surface area contributed by atoms with Gasteiger partial charge in [0.05, 0.1) is 17.8 Å². The minimum absolute atomic E-state index is 0.00705. The van der Waals surface area contributed by atoms with E-state index in [4.69, 9.17) is 22.3 Å². The topological polar surface area (TPSA) is 64.2 Å². The predicted molar refractivity (Wildman–Crippen MR) is 126 cm³/mol. The molecule has 2 aliphatic rings. The van der Waals surface area contributed by atoms with Crippen LogP contribution in [0, 0.1) is 11.8 Å². The zero-order valence-electron chi connectivity index (χ0n) is 18.8. The van der Waals surface area contributed by atoms with Crippen LogP contribution >= 0.6 is 11.6 Å². The highest BCUT2D eigenvalue weighted by molar-refractivity contribution is 6.30. The highest BCUT2D eigenvalue weighted by Gasteiger charge is 2.37. The van der Waals surface area contributed by atoms with E-state index in [1.54, 1.807) is 0 Å². The second kappa shape index (κ2) is 9.74. The van der Waals surface area contributed by atoms with Crippen molar-refractivity contribution in [3.8, 4) is 11.3 Å². The predicted octanol–water partition coefficient (Wildman–Crippen LogP) is 5.43. The summed E-state index contributed by atoms with van der Waals surface area (Å²) in [6.07, 6.45) is 10.4. The van der Waals surface area contributed by atoms with Crippen LogP contribution in [0.3, 0.4) is 0 Å². The highest BCUT2D eigenvalue weighted by Crippen LogP contribution is 2.38. The van der Waals surface area contributed by atoms with Gasteiger partial charge in [-0.2, -0.15) is 0 Å². The molecule has 1 aromatic heterocycles. The van der Waals surface area contributed by atoms with Crippen LogP contribution < -0.4 is 5.73 Å². The van der Waals surface area contributed by atoms with E-state index in [1.807, 2.05) is 29.2 Å². The number of imidazole rings is 1. The van der Waals surface area contributed by atoms with Crippen molar-refractivity contribution >= 4 is 17.5 Å². The molecule has 1 saturated carbocycles. The largest absolute Gasteiger partial charge is 0.331 e. The van der Waals surface area contributed by atoms with E-state index in [0.29, 0.717) is 17.5 Å². The van der Waals surface area contributed by atoms with Crippen LogP contribution in [0.25, 0.3) is 11.3 Å². The minimum atomic E-state index is -0.451. The van der Waals surface area contributed by atoms with Crippen LogP contribution in [0.5, 0.6) is 0 Å². The summed E-state index contributed by atoms with van der Waals surface area (Å²) in [4.78, 5) is 20.5. The maximum absolute atomic E-state index is 13.4. The van der Waals surface area contributed by atoms with Gasteiger partial charge < -0.3 is 15.2 Å². The summed E-state index contributed by atoms with van der Waals surface area (Å²) in [6, 6.07) is 7.37. The zero-order valence-corrected chi connectivity index (χ0v) is 19.5. The number of carbonyl (C=O) groups excluding carboxylic acids is 1. The second-order valence-electron chi connectivity index (χ2n) is 9.39. The molecule has 0 spiro atoms. The van der Waals surface area contributed by atoms with Gasteiger partial charge in [-0.1, -0.05) is 76.1 Å². The van der Waals surface area contributed by atoms with Crippen LogP contribution in [0.4, 0.5) is 0 Å². The molecule has 168 valence electrons. The Hall–Kier alpha value is -1.85. The summed E-state index contributed by atoms with van der Waals surface area (Å²) < 4.78 is 2.24. The second-order valence-corrected chi connectivity index (χ2v) is 9.82. The Labute approximate surface area is 191 Å². The Balaban J connectivity index is 1.66. The summed E-state index contributed by atoms with van der Waals surface area (Å²) in [6.45, 7) is 5.61. The van der Waals surface area contributed by atoms with Gasteiger partial charge in [0.15, 0.2) is 0 Å². The average molecular weight is 443 g/mol. The zero-order chi connectivity index (χ0) is 22.0. The molecule has 6 heteroatoms. The summed E-state index contributed by atoms with van der Waals surface area (Å²) in [7, 11) is 0. The lowest BCUT2D eigenvalue weighted by Crippen LogP contribution is -2.51. The fraction of sp³-hybridized carbons (Fsp3) is 0.600. The molecular formula is C25H35ClN4O. The number of benzene rings is 1. The van der Waals surface area contributed by atoms with E-state index in [1.165, 1.54) is 32.1 Å². The Morgan fingerprint density at radius 2 is 2.03 bits per heavy atom. The van der Waals surface area contributed by atoms with Gasteiger partial charge in [-0.05, 0) is 30.4 Å². The number of hydrogen-bond donors (Lipinski definition) is 1. The number of fused-ring (bicyclic) bond motifs is 1. The molecule has 1 aromatic carbocycles. The molecule has 2 heterocycles. The lowest BCUT2D eigenvalue weighted by Gasteiger charge is -2.40. The van der Waals surface area contributed by atoms with E-state index in [2.05, 4.69) is 24.6 Å². The summed E-state index contributed by atoms with van der Waals surface area (Å²) in [5, 5.41) is 0.707. The van der Waals surface area contributed by atoms with E-state index in [9.17, 15) is 4.79 Å². The maximum atomic E-state index is 13.4. The molecule has 0 unspecified atom stereocenters. The van der Waals surface area contributed by atoms with E-state index < -0.39 is 6.04 Å².